The standard InChI is InChI=1S/C7H12O4Si/c1-2-7(12)11-6(10)4-3-5(8)9/h3-4,7H,2H2,1,12H3,(H,8,9)/b4-3+. The zero-order chi connectivity index (χ0) is 9.56. The Kier molecular flexibility index (Phi) is 5.03. The molecule has 0 aliphatic heterocycles. The van der Waals surface area contributed by atoms with Gasteiger partial charge in [-0.1, -0.05) is 6.92 Å². The molecule has 0 aromatic heterocycles. The number of carbonyl (C=O) groups excluding carboxylic acids is 1. The van der Waals surface area contributed by atoms with Crippen LogP contribution >= 0.6 is 0 Å². The second-order valence-corrected chi connectivity index (χ2v) is 3.62. The molecule has 0 aromatic carbocycles. The number of ether oxygens (including phenoxy) is 1. The molecule has 0 rings (SSSR count). The van der Waals surface area contributed by atoms with Crippen LogP contribution in [0.4, 0.5) is 0 Å². The van der Waals surface area contributed by atoms with Crippen LogP contribution in [-0.4, -0.2) is 33.0 Å². The molecule has 68 valence electrons. The summed E-state index contributed by atoms with van der Waals surface area (Å²) in [5, 5.41) is 8.17. The minimum absolute atomic E-state index is 0.0315. The molecule has 0 fully saturated rings. The Morgan fingerprint density at radius 1 is 1.58 bits per heavy atom. The third kappa shape index (κ3) is 5.66. The Labute approximate surface area is 73.6 Å². The van der Waals surface area contributed by atoms with E-state index in [1.54, 1.807) is 0 Å². The first-order valence-corrected chi connectivity index (χ1v) is 4.83. The average Bonchev–Trinajstić information content (AvgIpc) is 2.00. The molecule has 0 aliphatic carbocycles. The topological polar surface area (TPSA) is 63.6 Å². The molecule has 0 heterocycles. The van der Waals surface area contributed by atoms with Gasteiger partial charge in [-0.2, -0.15) is 0 Å². The first-order valence-electron chi connectivity index (χ1n) is 3.68. The molecule has 0 bridgehead atoms. The Bertz CT molecular complexity index is 200. The normalized spacial score (nSPS) is 13.1. The Hall–Kier alpha value is -1.10. The molecular formula is C7H12O4Si. The third-order valence-corrected chi connectivity index (χ3v) is 2.31. The average molecular weight is 188 g/mol. The van der Waals surface area contributed by atoms with Crippen LogP contribution in [0.2, 0.25) is 0 Å². The highest BCUT2D eigenvalue weighted by Crippen LogP contribution is 1.93. The van der Waals surface area contributed by atoms with Crippen molar-refractivity contribution < 1.29 is 19.4 Å². The van der Waals surface area contributed by atoms with Gasteiger partial charge < -0.3 is 9.84 Å². The van der Waals surface area contributed by atoms with Crippen molar-refractivity contribution in [3.8, 4) is 0 Å². The minimum Gasteiger partial charge on any atom is -0.478 e. The van der Waals surface area contributed by atoms with E-state index in [1.165, 1.54) is 0 Å². The summed E-state index contributed by atoms with van der Waals surface area (Å²) < 4.78 is 4.82. The summed E-state index contributed by atoms with van der Waals surface area (Å²) in [5.74, 6) is -1.73. The number of hydrogen-bond acceptors (Lipinski definition) is 3. The van der Waals surface area contributed by atoms with E-state index in [-0.39, 0.29) is 5.73 Å². The molecule has 4 nitrogen and oxygen atoms in total. The summed E-state index contributed by atoms with van der Waals surface area (Å²) in [6, 6.07) is 0. The van der Waals surface area contributed by atoms with E-state index >= 15 is 0 Å². The summed E-state index contributed by atoms with van der Waals surface area (Å²) >= 11 is 0. The van der Waals surface area contributed by atoms with Gasteiger partial charge in [-0.3, -0.25) is 0 Å². The van der Waals surface area contributed by atoms with Gasteiger partial charge in [0.25, 0.3) is 0 Å². The zero-order valence-corrected chi connectivity index (χ0v) is 9.11. The third-order valence-electron chi connectivity index (χ3n) is 1.25. The van der Waals surface area contributed by atoms with Crippen molar-refractivity contribution >= 4 is 22.2 Å². The predicted molar refractivity (Wildman–Crippen MR) is 46.9 cm³/mol. The van der Waals surface area contributed by atoms with Crippen LogP contribution in [-0.2, 0) is 14.3 Å². The van der Waals surface area contributed by atoms with Crippen molar-refractivity contribution in [3.05, 3.63) is 12.2 Å². The van der Waals surface area contributed by atoms with Crippen molar-refractivity contribution in [3.63, 3.8) is 0 Å². The fourth-order valence-corrected chi connectivity index (χ4v) is 0.693. The van der Waals surface area contributed by atoms with Gasteiger partial charge in [0.1, 0.15) is 0 Å². The number of rotatable bonds is 4. The van der Waals surface area contributed by atoms with Crippen LogP contribution in [0.5, 0.6) is 0 Å². The number of hydrogen-bond donors (Lipinski definition) is 1. The number of carboxylic acid groups (broad SMARTS) is 1. The molecule has 12 heavy (non-hydrogen) atoms. The molecule has 0 aromatic rings. The van der Waals surface area contributed by atoms with E-state index < -0.39 is 11.9 Å². The lowest BCUT2D eigenvalue weighted by Gasteiger charge is -2.07. The fourth-order valence-electron chi connectivity index (χ4n) is 0.460. The second kappa shape index (κ2) is 5.53. The minimum atomic E-state index is -1.15. The van der Waals surface area contributed by atoms with Gasteiger partial charge in [0.2, 0.25) is 0 Å². The van der Waals surface area contributed by atoms with Crippen LogP contribution in [0.1, 0.15) is 13.3 Å². The fraction of sp³-hybridized carbons (Fsp3) is 0.429. The molecule has 0 amide bonds. The number of aliphatic carboxylic acids is 1. The molecule has 0 saturated heterocycles. The number of carbonyl (C=O) groups is 2. The molecular weight excluding hydrogens is 176 g/mol. The van der Waals surface area contributed by atoms with Crippen LogP contribution in [0.3, 0.4) is 0 Å². The lowest BCUT2D eigenvalue weighted by Crippen LogP contribution is -2.15. The maximum Gasteiger partial charge on any atom is 0.330 e. The summed E-state index contributed by atoms with van der Waals surface area (Å²) in [5.41, 5.74) is -0.0315. The Morgan fingerprint density at radius 2 is 2.17 bits per heavy atom. The van der Waals surface area contributed by atoms with E-state index in [9.17, 15) is 9.59 Å². The Morgan fingerprint density at radius 3 is 2.58 bits per heavy atom. The highest BCUT2D eigenvalue weighted by Gasteiger charge is 2.03. The molecule has 1 unspecified atom stereocenters. The second-order valence-electron chi connectivity index (χ2n) is 2.33. The van der Waals surface area contributed by atoms with Crippen molar-refractivity contribution in [2.45, 2.75) is 19.1 Å². The van der Waals surface area contributed by atoms with Crippen LogP contribution in [0.25, 0.3) is 0 Å². The molecule has 1 atom stereocenters. The summed E-state index contributed by atoms with van der Waals surface area (Å²) in [6.45, 7) is 1.91. The van der Waals surface area contributed by atoms with Gasteiger partial charge in [0, 0.05) is 12.2 Å². The van der Waals surface area contributed by atoms with E-state index in [0.717, 1.165) is 28.8 Å². The van der Waals surface area contributed by atoms with Crippen LogP contribution in [0, 0.1) is 0 Å². The van der Waals surface area contributed by atoms with Crippen molar-refractivity contribution in [1.29, 1.82) is 0 Å². The lowest BCUT2D eigenvalue weighted by atomic mass is 10.5. The van der Waals surface area contributed by atoms with E-state index in [4.69, 9.17) is 9.84 Å². The molecule has 0 radical (unpaired) electrons. The largest absolute Gasteiger partial charge is 0.478 e. The zero-order valence-electron chi connectivity index (χ0n) is 7.11. The summed E-state index contributed by atoms with van der Waals surface area (Å²) in [6.07, 6.45) is 2.47. The number of esters is 1. The Balaban J connectivity index is 3.81. The van der Waals surface area contributed by atoms with Gasteiger partial charge in [-0.25, -0.2) is 9.59 Å². The monoisotopic (exact) mass is 188 g/mol. The van der Waals surface area contributed by atoms with Gasteiger partial charge in [-0.15, -0.1) is 0 Å². The molecule has 0 saturated carbocycles. The van der Waals surface area contributed by atoms with Crippen molar-refractivity contribution in [2.75, 3.05) is 0 Å². The van der Waals surface area contributed by atoms with Crippen LogP contribution in [0.15, 0.2) is 12.2 Å². The van der Waals surface area contributed by atoms with E-state index in [2.05, 4.69) is 0 Å². The first-order chi connectivity index (χ1) is 5.56. The maximum atomic E-state index is 10.8. The quantitative estimate of drug-likeness (QED) is 0.359. The van der Waals surface area contributed by atoms with Crippen molar-refractivity contribution in [2.24, 2.45) is 0 Å². The van der Waals surface area contributed by atoms with Crippen LogP contribution < -0.4 is 0 Å². The summed E-state index contributed by atoms with van der Waals surface area (Å²) in [4.78, 5) is 20.7. The maximum absolute atomic E-state index is 10.8. The highest BCUT2D eigenvalue weighted by atomic mass is 28.1. The van der Waals surface area contributed by atoms with Gasteiger partial charge in [0.15, 0.2) is 0 Å². The predicted octanol–water partition coefficient (Wildman–Crippen LogP) is -0.728. The van der Waals surface area contributed by atoms with Crippen molar-refractivity contribution in [1.82, 2.24) is 0 Å². The SMILES string of the molecule is CCC([SiH3])OC(=O)/C=C/C(=O)O. The van der Waals surface area contributed by atoms with Gasteiger partial charge in [0.05, 0.1) is 16.0 Å². The van der Waals surface area contributed by atoms with E-state index in [0.29, 0.717) is 0 Å². The smallest absolute Gasteiger partial charge is 0.330 e. The first kappa shape index (κ1) is 10.9. The highest BCUT2D eigenvalue weighted by molar-refractivity contribution is 6.12. The van der Waals surface area contributed by atoms with E-state index in [1.807, 2.05) is 6.92 Å². The molecule has 0 spiro atoms. The number of carboxylic acids is 1. The van der Waals surface area contributed by atoms with Gasteiger partial charge in [-0.05, 0) is 6.42 Å². The molecule has 0 aliphatic rings. The lowest BCUT2D eigenvalue weighted by molar-refractivity contribution is -0.140. The molecule has 1 N–H and O–H groups in total. The van der Waals surface area contributed by atoms with Gasteiger partial charge >= 0.3 is 11.9 Å². The summed E-state index contributed by atoms with van der Waals surface area (Å²) in [7, 11) is 0.767. The molecule has 5 heteroatoms.